The number of carbonyl (C=O) groups is 1. The van der Waals surface area contributed by atoms with E-state index in [0.717, 1.165) is 5.69 Å². The van der Waals surface area contributed by atoms with Crippen molar-refractivity contribution in [3.63, 3.8) is 0 Å². The van der Waals surface area contributed by atoms with Gasteiger partial charge in [-0.3, -0.25) is 9.36 Å². The molecule has 0 aliphatic carbocycles. The summed E-state index contributed by atoms with van der Waals surface area (Å²) in [4.78, 5) is 12.6. The van der Waals surface area contributed by atoms with Crippen LogP contribution in [-0.4, -0.2) is 20.5 Å². The predicted octanol–water partition coefficient (Wildman–Crippen LogP) is 3.15. The summed E-state index contributed by atoms with van der Waals surface area (Å²) >= 11 is 6.09. The van der Waals surface area contributed by atoms with E-state index in [-0.39, 0.29) is 5.78 Å². The van der Waals surface area contributed by atoms with Gasteiger partial charge in [0, 0.05) is 11.1 Å². The van der Waals surface area contributed by atoms with E-state index in [9.17, 15) is 4.79 Å². The fraction of sp³-hybridized carbons (Fsp3) is 0. The highest BCUT2D eigenvalue weighted by Gasteiger charge is 2.16. The molecule has 3 aromatic rings. The molecule has 2 aromatic carbocycles. The van der Waals surface area contributed by atoms with E-state index in [4.69, 9.17) is 11.6 Å². The largest absolute Gasteiger partial charge is 0.288 e. The molecule has 5 heteroatoms. The molecule has 0 saturated heterocycles. The van der Waals surface area contributed by atoms with Crippen LogP contribution in [0.4, 0.5) is 0 Å². The summed E-state index contributed by atoms with van der Waals surface area (Å²) in [6, 6.07) is 14.3. The Kier molecular flexibility index (Phi) is 3.31. The van der Waals surface area contributed by atoms with E-state index in [1.54, 1.807) is 47.6 Å². The Balaban J connectivity index is 2.12. The molecular weight excluding hydrogens is 274 g/mol. The van der Waals surface area contributed by atoms with E-state index < -0.39 is 0 Å². The molecule has 0 N–H and O–H groups in total. The third-order valence-electron chi connectivity index (χ3n) is 2.96. The van der Waals surface area contributed by atoms with E-state index in [1.165, 1.54) is 0 Å². The molecule has 0 fully saturated rings. The Labute approximate surface area is 120 Å². The minimum atomic E-state index is -0.125. The first-order valence-electron chi connectivity index (χ1n) is 6.00. The molecule has 0 bridgehead atoms. The van der Waals surface area contributed by atoms with Gasteiger partial charge in [-0.2, -0.15) is 0 Å². The third-order valence-corrected chi connectivity index (χ3v) is 3.29. The molecule has 0 unspecified atom stereocenters. The van der Waals surface area contributed by atoms with Gasteiger partial charge in [-0.05, 0) is 24.3 Å². The normalized spacial score (nSPS) is 10.4. The van der Waals surface area contributed by atoms with Gasteiger partial charge in [0.1, 0.15) is 12.7 Å². The molecule has 1 aromatic heterocycles. The highest BCUT2D eigenvalue weighted by atomic mass is 35.5. The molecule has 0 spiro atoms. The molecule has 1 heterocycles. The van der Waals surface area contributed by atoms with Crippen LogP contribution in [0.25, 0.3) is 5.69 Å². The summed E-state index contributed by atoms with van der Waals surface area (Å²) in [6.45, 7) is 0. The summed E-state index contributed by atoms with van der Waals surface area (Å²) in [5, 5.41) is 7.97. The number of hydrogen-bond donors (Lipinski definition) is 0. The number of carbonyl (C=O) groups excluding carboxylic acids is 1. The number of para-hydroxylation sites is 1. The van der Waals surface area contributed by atoms with E-state index >= 15 is 0 Å². The Hall–Kier alpha value is -2.46. The second-order valence-corrected chi connectivity index (χ2v) is 4.60. The number of halogens is 1. The molecule has 98 valence electrons. The van der Waals surface area contributed by atoms with Crippen molar-refractivity contribution in [2.45, 2.75) is 0 Å². The standard InChI is InChI=1S/C15H10ClN3O/c16-13-7-3-1-5-11(13)15(20)12-6-2-4-8-14(12)19-9-17-18-10-19/h1-10H. The zero-order valence-electron chi connectivity index (χ0n) is 10.4. The summed E-state index contributed by atoms with van der Waals surface area (Å²) in [6.07, 6.45) is 3.11. The molecule has 20 heavy (non-hydrogen) atoms. The van der Waals surface area contributed by atoms with Gasteiger partial charge in [-0.25, -0.2) is 0 Å². The van der Waals surface area contributed by atoms with Crippen LogP contribution in [0.15, 0.2) is 61.2 Å². The Morgan fingerprint density at radius 3 is 2.20 bits per heavy atom. The lowest BCUT2D eigenvalue weighted by Gasteiger charge is -2.09. The van der Waals surface area contributed by atoms with Gasteiger partial charge in [0.15, 0.2) is 5.78 Å². The van der Waals surface area contributed by atoms with Gasteiger partial charge >= 0.3 is 0 Å². The molecule has 0 aliphatic heterocycles. The predicted molar refractivity (Wildman–Crippen MR) is 76.2 cm³/mol. The number of rotatable bonds is 3. The maximum atomic E-state index is 12.6. The van der Waals surface area contributed by atoms with Crippen LogP contribution in [0.1, 0.15) is 15.9 Å². The van der Waals surface area contributed by atoms with Crippen molar-refractivity contribution in [3.05, 3.63) is 77.3 Å². The third kappa shape index (κ3) is 2.21. The summed E-state index contributed by atoms with van der Waals surface area (Å²) < 4.78 is 1.70. The van der Waals surface area contributed by atoms with Crippen LogP contribution >= 0.6 is 11.6 Å². The minimum Gasteiger partial charge on any atom is -0.288 e. The van der Waals surface area contributed by atoms with Crippen molar-refractivity contribution in [3.8, 4) is 5.69 Å². The van der Waals surface area contributed by atoms with Gasteiger partial charge < -0.3 is 0 Å². The fourth-order valence-electron chi connectivity index (χ4n) is 2.01. The zero-order valence-corrected chi connectivity index (χ0v) is 11.2. The molecule has 0 radical (unpaired) electrons. The first-order chi connectivity index (χ1) is 9.77. The summed E-state index contributed by atoms with van der Waals surface area (Å²) in [7, 11) is 0. The van der Waals surface area contributed by atoms with Crippen molar-refractivity contribution in [1.82, 2.24) is 14.8 Å². The minimum absolute atomic E-state index is 0.125. The van der Waals surface area contributed by atoms with Crippen LogP contribution in [0.2, 0.25) is 5.02 Å². The van der Waals surface area contributed by atoms with Crippen molar-refractivity contribution in [2.24, 2.45) is 0 Å². The smallest absolute Gasteiger partial charge is 0.196 e. The van der Waals surface area contributed by atoms with Gasteiger partial charge in [-0.15, -0.1) is 10.2 Å². The van der Waals surface area contributed by atoms with Gasteiger partial charge in [-0.1, -0.05) is 35.9 Å². The average molecular weight is 284 g/mol. The highest BCUT2D eigenvalue weighted by Crippen LogP contribution is 2.22. The Morgan fingerprint density at radius 2 is 1.50 bits per heavy atom. The first kappa shape index (κ1) is 12.6. The molecule has 0 saturated carbocycles. The van der Waals surface area contributed by atoms with Gasteiger partial charge in [0.05, 0.1) is 10.7 Å². The number of aromatic nitrogens is 3. The average Bonchev–Trinajstić information content (AvgIpc) is 3.01. The Morgan fingerprint density at radius 1 is 0.900 bits per heavy atom. The maximum Gasteiger partial charge on any atom is 0.196 e. The fourth-order valence-corrected chi connectivity index (χ4v) is 2.23. The van der Waals surface area contributed by atoms with Crippen molar-refractivity contribution < 1.29 is 4.79 Å². The second-order valence-electron chi connectivity index (χ2n) is 4.20. The maximum absolute atomic E-state index is 12.6. The van der Waals surface area contributed by atoms with E-state index in [0.29, 0.717) is 16.1 Å². The second kappa shape index (κ2) is 5.27. The zero-order chi connectivity index (χ0) is 13.9. The van der Waals surface area contributed by atoms with E-state index in [1.807, 2.05) is 18.2 Å². The van der Waals surface area contributed by atoms with Crippen molar-refractivity contribution >= 4 is 17.4 Å². The summed E-state index contributed by atoms with van der Waals surface area (Å²) in [5.41, 5.74) is 1.76. The van der Waals surface area contributed by atoms with Gasteiger partial charge in [0.2, 0.25) is 0 Å². The van der Waals surface area contributed by atoms with E-state index in [2.05, 4.69) is 10.2 Å². The molecule has 3 rings (SSSR count). The molecule has 0 atom stereocenters. The van der Waals surface area contributed by atoms with Crippen LogP contribution < -0.4 is 0 Å². The number of benzene rings is 2. The molecular formula is C15H10ClN3O. The topological polar surface area (TPSA) is 47.8 Å². The number of ketones is 1. The van der Waals surface area contributed by atoms with Crippen LogP contribution in [0, 0.1) is 0 Å². The SMILES string of the molecule is O=C(c1ccccc1Cl)c1ccccc1-n1cnnc1. The van der Waals surface area contributed by atoms with Crippen molar-refractivity contribution in [2.75, 3.05) is 0 Å². The van der Waals surface area contributed by atoms with Gasteiger partial charge in [0.25, 0.3) is 0 Å². The molecule has 0 amide bonds. The first-order valence-corrected chi connectivity index (χ1v) is 6.38. The van der Waals surface area contributed by atoms with Crippen LogP contribution in [-0.2, 0) is 0 Å². The monoisotopic (exact) mass is 283 g/mol. The van der Waals surface area contributed by atoms with Crippen molar-refractivity contribution in [1.29, 1.82) is 0 Å². The number of hydrogen-bond acceptors (Lipinski definition) is 3. The lowest BCUT2D eigenvalue weighted by atomic mass is 10.0. The molecule has 4 nitrogen and oxygen atoms in total. The lowest BCUT2D eigenvalue weighted by molar-refractivity contribution is 0.103. The van der Waals surface area contributed by atoms with Crippen LogP contribution in [0.3, 0.4) is 0 Å². The lowest BCUT2D eigenvalue weighted by Crippen LogP contribution is -2.07. The quantitative estimate of drug-likeness (QED) is 0.694. The number of nitrogens with zero attached hydrogens (tertiary/aromatic N) is 3. The van der Waals surface area contributed by atoms with Crippen LogP contribution in [0.5, 0.6) is 0 Å². The molecule has 0 aliphatic rings. The Bertz CT molecular complexity index is 753. The highest BCUT2D eigenvalue weighted by molar-refractivity contribution is 6.35. The summed E-state index contributed by atoms with van der Waals surface area (Å²) in [5.74, 6) is -0.125.